The first-order valence-corrected chi connectivity index (χ1v) is 6.94. The predicted molar refractivity (Wildman–Crippen MR) is 70.0 cm³/mol. The molecule has 0 amide bonds. The number of aliphatic hydroxyl groups excluding tert-OH is 1. The number of aliphatic hydroxyl groups is 1. The average molecular weight is 275 g/mol. The summed E-state index contributed by atoms with van der Waals surface area (Å²) < 4.78 is 10.6. The molecule has 0 radical (unpaired) electrons. The van der Waals surface area contributed by atoms with E-state index in [9.17, 15) is 0 Å². The molecule has 2 rings (SSSR count). The van der Waals surface area contributed by atoms with Crippen LogP contribution in [0.15, 0.2) is 12.1 Å². The fourth-order valence-electron chi connectivity index (χ4n) is 1.61. The van der Waals surface area contributed by atoms with Crippen LogP contribution in [0.1, 0.15) is 18.9 Å². The summed E-state index contributed by atoms with van der Waals surface area (Å²) in [7, 11) is 0. The smallest absolute Gasteiger partial charge is 0.231 e. The fraction of sp³-hybridized carbons (Fsp3) is 0.500. The van der Waals surface area contributed by atoms with Crippen LogP contribution in [0.5, 0.6) is 11.5 Å². The van der Waals surface area contributed by atoms with E-state index >= 15 is 0 Å². The molecular weight excluding hydrogens is 260 g/mol. The molecule has 0 spiro atoms. The second-order valence-corrected chi connectivity index (χ2v) is 5.78. The zero-order chi connectivity index (χ0) is 12.3. The molecule has 0 saturated carbocycles. The molecule has 0 fully saturated rings. The third-order valence-electron chi connectivity index (χ3n) is 2.56. The Bertz CT molecular complexity index is 398. The number of benzene rings is 1. The zero-order valence-corrected chi connectivity index (χ0v) is 11.2. The molecule has 1 aromatic rings. The lowest BCUT2D eigenvalue weighted by molar-refractivity contribution is 0.174. The van der Waals surface area contributed by atoms with Gasteiger partial charge in [0.25, 0.3) is 0 Å². The Hall–Kier alpha value is -0.580. The molecule has 0 aromatic heterocycles. The van der Waals surface area contributed by atoms with Crippen LogP contribution < -0.4 is 9.47 Å². The minimum absolute atomic E-state index is 0.232. The van der Waals surface area contributed by atoms with Gasteiger partial charge in [0.2, 0.25) is 6.79 Å². The van der Waals surface area contributed by atoms with Gasteiger partial charge >= 0.3 is 0 Å². The van der Waals surface area contributed by atoms with E-state index in [-0.39, 0.29) is 13.4 Å². The summed E-state index contributed by atoms with van der Waals surface area (Å²) in [6.45, 7) is 2.58. The Labute approximate surface area is 110 Å². The molecule has 5 heteroatoms. The first kappa shape index (κ1) is 12.9. The summed E-state index contributed by atoms with van der Waals surface area (Å²) in [6.07, 6.45) is 0.808. The summed E-state index contributed by atoms with van der Waals surface area (Å²) >= 11 is 7.89. The van der Waals surface area contributed by atoms with Gasteiger partial charge in [-0.3, -0.25) is 0 Å². The quantitative estimate of drug-likeness (QED) is 0.896. The van der Waals surface area contributed by atoms with E-state index in [2.05, 4.69) is 6.92 Å². The average Bonchev–Trinajstić information content (AvgIpc) is 2.75. The molecule has 94 valence electrons. The van der Waals surface area contributed by atoms with Gasteiger partial charge in [-0.2, -0.15) is 11.8 Å². The van der Waals surface area contributed by atoms with Gasteiger partial charge < -0.3 is 14.6 Å². The Morgan fingerprint density at radius 1 is 1.47 bits per heavy atom. The summed E-state index contributed by atoms with van der Waals surface area (Å²) in [5.41, 5.74) is 1.12. The Balaban J connectivity index is 2.00. The fourth-order valence-corrected chi connectivity index (χ4v) is 2.81. The van der Waals surface area contributed by atoms with Crippen molar-refractivity contribution in [2.75, 3.05) is 13.4 Å². The monoisotopic (exact) mass is 274 g/mol. The number of halogens is 1. The molecule has 1 aliphatic heterocycles. The van der Waals surface area contributed by atoms with Gasteiger partial charge in [0.15, 0.2) is 11.5 Å². The van der Waals surface area contributed by atoms with Crippen LogP contribution in [0.25, 0.3) is 0 Å². The van der Waals surface area contributed by atoms with Crippen molar-refractivity contribution in [3.63, 3.8) is 0 Å². The molecule has 3 nitrogen and oxygen atoms in total. The summed E-state index contributed by atoms with van der Waals surface area (Å²) in [5.74, 6) is 2.23. The number of hydrogen-bond acceptors (Lipinski definition) is 4. The van der Waals surface area contributed by atoms with Crippen molar-refractivity contribution in [3.05, 3.63) is 22.7 Å². The number of fused-ring (bicyclic) bond motifs is 1. The lowest BCUT2D eigenvalue weighted by atomic mass is 10.2. The molecule has 1 aliphatic rings. The van der Waals surface area contributed by atoms with Crippen LogP contribution in [-0.4, -0.2) is 23.8 Å². The maximum atomic E-state index is 8.83. The summed E-state index contributed by atoms with van der Waals surface area (Å²) in [5, 5.41) is 9.87. The highest BCUT2D eigenvalue weighted by Gasteiger charge is 2.18. The van der Waals surface area contributed by atoms with Gasteiger partial charge in [0.1, 0.15) is 0 Å². The van der Waals surface area contributed by atoms with Crippen LogP contribution in [-0.2, 0) is 5.75 Å². The largest absolute Gasteiger partial charge is 0.454 e. The van der Waals surface area contributed by atoms with Crippen LogP contribution in [0.3, 0.4) is 0 Å². The van der Waals surface area contributed by atoms with Crippen molar-refractivity contribution in [1.82, 2.24) is 0 Å². The van der Waals surface area contributed by atoms with Gasteiger partial charge in [-0.15, -0.1) is 0 Å². The molecule has 1 atom stereocenters. The molecule has 17 heavy (non-hydrogen) atoms. The van der Waals surface area contributed by atoms with Crippen LogP contribution in [0.4, 0.5) is 0 Å². The van der Waals surface area contributed by atoms with E-state index < -0.39 is 0 Å². The Morgan fingerprint density at radius 3 is 3.06 bits per heavy atom. The zero-order valence-electron chi connectivity index (χ0n) is 9.61. The maximum Gasteiger partial charge on any atom is 0.231 e. The van der Waals surface area contributed by atoms with Gasteiger partial charge in [0, 0.05) is 17.6 Å². The van der Waals surface area contributed by atoms with Crippen LogP contribution in [0, 0.1) is 0 Å². The van der Waals surface area contributed by atoms with Crippen molar-refractivity contribution in [1.29, 1.82) is 0 Å². The number of ether oxygens (including phenoxy) is 2. The van der Waals surface area contributed by atoms with E-state index in [1.165, 1.54) is 0 Å². The lowest BCUT2D eigenvalue weighted by Gasteiger charge is -2.10. The molecule has 0 saturated heterocycles. The standard InChI is InChI=1S/C12H15ClO3S/c1-8(2-3-14)17-6-9-4-10(13)12-11(5-9)15-7-16-12/h4-5,8,14H,2-3,6-7H2,1H3. The van der Waals surface area contributed by atoms with Crippen molar-refractivity contribution < 1.29 is 14.6 Å². The predicted octanol–water partition coefficient (Wildman–Crippen LogP) is 3.07. The van der Waals surface area contributed by atoms with Crippen LogP contribution >= 0.6 is 23.4 Å². The van der Waals surface area contributed by atoms with E-state index in [0.29, 0.717) is 16.0 Å². The number of rotatable bonds is 5. The molecule has 1 unspecified atom stereocenters. The SMILES string of the molecule is CC(CCO)SCc1cc(Cl)c2c(c1)OCO2. The van der Waals surface area contributed by atoms with Gasteiger partial charge in [-0.05, 0) is 24.1 Å². The van der Waals surface area contributed by atoms with Gasteiger partial charge in [-0.25, -0.2) is 0 Å². The molecule has 1 heterocycles. The molecule has 0 bridgehead atoms. The number of hydrogen-bond donors (Lipinski definition) is 1. The third kappa shape index (κ3) is 3.21. The molecular formula is C12H15ClO3S. The van der Waals surface area contributed by atoms with Crippen molar-refractivity contribution in [2.24, 2.45) is 0 Å². The first-order valence-electron chi connectivity index (χ1n) is 5.51. The topological polar surface area (TPSA) is 38.7 Å². The van der Waals surface area contributed by atoms with E-state index in [1.54, 1.807) is 11.8 Å². The van der Waals surface area contributed by atoms with Crippen LogP contribution in [0.2, 0.25) is 5.02 Å². The lowest BCUT2D eigenvalue weighted by Crippen LogP contribution is -1.99. The first-order chi connectivity index (χ1) is 8.20. The van der Waals surface area contributed by atoms with Gasteiger partial charge in [-0.1, -0.05) is 18.5 Å². The van der Waals surface area contributed by atoms with Crippen molar-refractivity contribution >= 4 is 23.4 Å². The summed E-state index contributed by atoms with van der Waals surface area (Å²) in [4.78, 5) is 0. The van der Waals surface area contributed by atoms with E-state index in [0.717, 1.165) is 23.5 Å². The second kappa shape index (κ2) is 5.85. The van der Waals surface area contributed by atoms with Crippen molar-refractivity contribution in [2.45, 2.75) is 24.3 Å². The Kier molecular flexibility index (Phi) is 4.42. The highest BCUT2D eigenvalue weighted by atomic mass is 35.5. The second-order valence-electron chi connectivity index (χ2n) is 3.95. The number of thioether (sulfide) groups is 1. The third-order valence-corrected chi connectivity index (χ3v) is 4.14. The highest BCUT2D eigenvalue weighted by molar-refractivity contribution is 7.99. The highest BCUT2D eigenvalue weighted by Crippen LogP contribution is 2.40. The molecule has 1 aromatic carbocycles. The van der Waals surface area contributed by atoms with Gasteiger partial charge in [0.05, 0.1) is 5.02 Å². The molecule has 0 aliphatic carbocycles. The van der Waals surface area contributed by atoms with E-state index in [1.807, 2.05) is 12.1 Å². The maximum absolute atomic E-state index is 8.83. The normalized spacial score (nSPS) is 15.0. The minimum atomic E-state index is 0.232. The Morgan fingerprint density at radius 2 is 2.29 bits per heavy atom. The van der Waals surface area contributed by atoms with E-state index in [4.69, 9.17) is 26.2 Å². The molecule has 1 N–H and O–H groups in total. The van der Waals surface area contributed by atoms with Crippen molar-refractivity contribution in [3.8, 4) is 11.5 Å². The minimum Gasteiger partial charge on any atom is -0.454 e. The summed E-state index contributed by atoms with van der Waals surface area (Å²) in [6, 6.07) is 3.88.